The van der Waals surface area contributed by atoms with Gasteiger partial charge < -0.3 is 10.1 Å². The molecule has 0 fully saturated rings. The van der Waals surface area contributed by atoms with E-state index in [4.69, 9.17) is 4.74 Å². The van der Waals surface area contributed by atoms with Crippen LogP contribution in [0.15, 0.2) is 16.6 Å². The van der Waals surface area contributed by atoms with Gasteiger partial charge in [0, 0.05) is 13.2 Å². The van der Waals surface area contributed by atoms with E-state index in [1.54, 1.807) is 0 Å². The van der Waals surface area contributed by atoms with Crippen LogP contribution in [0.2, 0.25) is 0 Å². The lowest BCUT2D eigenvalue weighted by molar-refractivity contribution is -0.386. The molecule has 0 aliphatic rings. The van der Waals surface area contributed by atoms with E-state index in [1.165, 1.54) is 12.1 Å². The molecule has 0 amide bonds. The standard InChI is InChI=1S/C10H12BrFN2O3/c1-2-17-6-5-13-8-4-3-7(11)9(12)10(8)14(15)16/h3-4,13H,2,5-6H2,1H3. The summed E-state index contributed by atoms with van der Waals surface area (Å²) in [5.74, 6) is -0.878. The van der Waals surface area contributed by atoms with Crippen molar-refractivity contribution in [3.05, 3.63) is 32.5 Å². The van der Waals surface area contributed by atoms with E-state index >= 15 is 0 Å². The van der Waals surface area contributed by atoms with Crippen LogP contribution in [0, 0.1) is 15.9 Å². The number of ether oxygens (including phenoxy) is 1. The second-order valence-electron chi connectivity index (χ2n) is 3.14. The van der Waals surface area contributed by atoms with Gasteiger partial charge in [0.05, 0.1) is 16.0 Å². The SMILES string of the molecule is CCOCCNc1ccc(Br)c(F)c1[N+](=O)[O-]. The molecule has 0 radical (unpaired) electrons. The Morgan fingerprint density at radius 2 is 2.29 bits per heavy atom. The molecule has 1 aromatic rings. The van der Waals surface area contributed by atoms with Gasteiger partial charge in [0.2, 0.25) is 5.82 Å². The number of hydrogen-bond acceptors (Lipinski definition) is 4. The minimum Gasteiger partial charge on any atom is -0.380 e. The van der Waals surface area contributed by atoms with Crippen molar-refractivity contribution < 1.29 is 14.1 Å². The predicted octanol–water partition coefficient (Wildman–Crippen LogP) is 2.94. The Morgan fingerprint density at radius 3 is 2.88 bits per heavy atom. The summed E-state index contributed by atoms with van der Waals surface area (Å²) >= 11 is 2.91. The zero-order chi connectivity index (χ0) is 12.8. The van der Waals surface area contributed by atoms with Gasteiger partial charge in [-0.25, -0.2) is 0 Å². The lowest BCUT2D eigenvalue weighted by Gasteiger charge is -2.08. The molecule has 0 saturated carbocycles. The number of hydrogen-bond donors (Lipinski definition) is 1. The Labute approximate surface area is 106 Å². The molecule has 7 heteroatoms. The fourth-order valence-electron chi connectivity index (χ4n) is 1.26. The largest absolute Gasteiger partial charge is 0.380 e. The highest BCUT2D eigenvalue weighted by atomic mass is 79.9. The van der Waals surface area contributed by atoms with Crippen LogP contribution in [0.25, 0.3) is 0 Å². The van der Waals surface area contributed by atoms with E-state index in [0.29, 0.717) is 19.8 Å². The van der Waals surface area contributed by atoms with E-state index in [9.17, 15) is 14.5 Å². The van der Waals surface area contributed by atoms with Crippen molar-refractivity contribution >= 4 is 27.3 Å². The molecule has 0 spiro atoms. The summed E-state index contributed by atoms with van der Waals surface area (Å²) in [6.07, 6.45) is 0. The topological polar surface area (TPSA) is 64.4 Å². The molecule has 1 aromatic carbocycles. The third kappa shape index (κ3) is 3.64. The number of nitrogens with zero attached hydrogens (tertiary/aromatic N) is 1. The van der Waals surface area contributed by atoms with Crippen LogP contribution in [-0.4, -0.2) is 24.7 Å². The van der Waals surface area contributed by atoms with E-state index < -0.39 is 16.4 Å². The minimum atomic E-state index is -0.878. The van der Waals surface area contributed by atoms with Crippen molar-refractivity contribution in [3.8, 4) is 0 Å². The van der Waals surface area contributed by atoms with Gasteiger partial charge >= 0.3 is 5.69 Å². The van der Waals surface area contributed by atoms with Crippen LogP contribution >= 0.6 is 15.9 Å². The van der Waals surface area contributed by atoms with Crippen molar-refractivity contribution in [2.75, 3.05) is 25.1 Å². The van der Waals surface area contributed by atoms with Crippen LogP contribution in [0.4, 0.5) is 15.8 Å². The Balaban J connectivity index is 2.84. The number of rotatable bonds is 6. The van der Waals surface area contributed by atoms with E-state index in [2.05, 4.69) is 21.2 Å². The van der Waals surface area contributed by atoms with E-state index in [-0.39, 0.29) is 10.2 Å². The maximum Gasteiger partial charge on any atom is 0.328 e. The van der Waals surface area contributed by atoms with Gasteiger partial charge in [0.25, 0.3) is 0 Å². The van der Waals surface area contributed by atoms with Crippen LogP contribution < -0.4 is 5.32 Å². The molecule has 0 aromatic heterocycles. The van der Waals surface area contributed by atoms with Gasteiger partial charge in [0.1, 0.15) is 5.69 Å². The molecular formula is C10H12BrFN2O3. The van der Waals surface area contributed by atoms with Gasteiger partial charge in [-0.2, -0.15) is 4.39 Å². The lowest BCUT2D eigenvalue weighted by atomic mass is 10.2. The highest BCUT2D eigenvalue weighted by molar-refractivity contribution is 9.10. The van der Waals surface area contributed by atoms with Gasteiger partial charge in [-0.1, -0.05) is 0 Å². The molecule has 0 aliphatic carbocycles. The molecule has 17 heavy (non-hydrogen) atoms. The van der Waals surface area contributed by atoms with Crippen molar-refractivity contribution in [3.63, 3.8) is 0 Å². The normalized spacial score (nSPS) is 10.3. The van der Waals surface area contributed by atoms with Crippen molar-refractivity contribution in [1.29, 1.82) is 0 Å². The Bertz CT molecular complexity index is 415. The van der Waals surface area contributed by atoms with Crippen molar-refractivity contribution in [2.45, 2.75) is 6.92 Å². The third-order valence-corrected chi connectivity index (χ3v) is 2.63. The zero-order valence-electron chi connectivity index (χ0n) is 9.20. The molecule has 0 bridgehead atoms. The van der Waals surface area contributed by atoms with Gasteiger partial charge in [-0.05, 0) is 35.0 Å². The molecular weight excluding hydrogens is 295 g/mol. The first-order valence-corrected chi connectivity index (χ1v) is 5.81. The molecule has 5 nitrogen and oxygen atoms in total. The summed E-state index contributed by atoms with van der Waals surface area (Å²) in [7, 11) is 0. The molecule has 0 heterocycles. The lowest BCUT2D eigenvalue weighted by Crippen LogP contribution is -2.11. The predicted molar refractivity (Wildman–Crippen MR) is 65.7 cm³/mol. The van der Waals surface area contributed by atoms with Gasteiger partial charge in [-0.15, -0.1) is 0 Å². The first-order valence-electron chi connectivity index (χ1n) is 5.02. The number of nitro groups is 1. The third-order valence-electron chi connectivity index (χ3n) is 2.02. The van der Waals surface area contributed by atoms with Gasteiger partial charge in [0.15, 0.2) is 0 Å². The maximum absolute atomic E-state index is 13.5. The van der Waals surface area contributed by atoms with Gasteiger partial charge in [-0.3, -0.25) is 10.1 Å². The highest BCUT2D eigenvalue weighted by Gasteiger charge is 2.22. The fourth-order valence-corrected chi connectivity index (χ4v) is 1.58. The van der Waals surface area contributed by atoms with E-state index in [0.717, 1.165) is 0 Å². The maximum atomic E-state index is 13.5. The summed E-state index contributed by atoms with van der Waals surface area (Å²) in [6.45, 7) is 3.21. The zero-order valence-corrected chi connectivity index (χ0v) is 10.8. The Hall–Kier alpha value is -1.21. The summed E-state index contributed by atoms with van der Waals surface area (Å²) in [4.78, 5) is 10.0. The second kappa shape index (κ2) is 6.51. The Kier molecular flexibility index (Phi) is 5.30. The molecule has 0 unspecified atom stereocenters. The summed E-state index contributed by atoms with van der Waals surface area (Å²) in [6, 6.07) is 2.88. The highest BCUT2D eigenvalue weighted by Crippen LogP contribution is 2.32. The average Bonchev–Trinajstić information content (AvgIpc) is 2.28. The number of halogens is 2. The van der Waals surface area contributed by atoms with Crippen LogP contribution in [0.1, 0.15) is 6.92 Å². The number of nitro benzene ring substituents is 1. The summed E-state index contributed by atoms with van der Waals surface area (Å²) < 4.78 is 18.7. The fraction of sp³-hybridized carbons (Fsp3) is 0.400. The van der Waals surface area contributed by atoms with Crippen LogP contribution in [0.3, 0.4) is 0 Å². The summed E-state index contributed by atoms with van der Waals surface area (Å²) in [5.41, 5.74) is -0.411. The number of anilines is 1. The van der Waals surface area contributed by atoms with Crippen LogP contribution in [0.5, 0.6) is 0 Å². The van der Waals surface area contributed by atoms with Crippen LogP contribution in [-0.2, 0) is 4.74 Å². The molecule has 1 N–H and O–H groups in total. The van der Waals surface area contributed by atoms with Crippen molar-refractivity contribution in [1.82, 2.24) is 0 Å². The second-order valence-corrected chi connectivity index (χ2v) is 3.99. The smallest absolute Gasteiger partial charge is 0.328 e. The summed E-state index contributed by atoms with van der Waals surface area (Å²) in [5, 5.41) is 13.5. The quantitative estimate of drug-likeness (QED) is 0.498. The first kappa shape index (κ1) is 13.9. The van der Waals surface area contributed by atoms with Crippen molar-refractivity contribution in [2.24, 2.45) is 0 Å². The number of nitrogens with one attached hydrogen (secondary N) is 1. The minimum absolute atomic E-state index is 0.0690. The Morgan fingerprint density at radius 1 is 1.59 bits per heavy atom. The molecule has 0 atom stereocenters. The molecule has 0 aliphatic heterocycles. The molecule has 1 rings (SSSR count). The monoisotopic (exact) mass is 306 g/mol. The molecule has 94 valence electrons. The molecule has 0 saturated heterocycles. The first-order chi connectivity index (χ1) is 8.07. The average molecular weight is 307 g/mol. The number of benzene rings is 1. The van der Waals surface area contributed by atoms with E-state index in [1.807, 2.05) is 6.92 Å².